The summed E-state index contributed by atoms with van der Waals surface area (Å²) >= 11 is 0. The van der Waals surface area contributed by atoms with Crippen LogP contribution in [0.4, 0.5) is 4.39 Å². The second-order valence-electron chi connectivity index (χ2n) is 4.07. The molecule has 0 bridgehead atoms. The molecule has 1 unspecified atom stereocenters. The van der Waals surface area contributed by atoms with Gasteiger partial charge in [0.1, 0.15) is 6.17 Å². The van der Waals surface area contributed by atoms with Crippen LogP contribution >= 0.6 is 0 Å². The normalized spacial score (nSPS) is 14.1. The molecule has 0 aliphatic rings. The van der Waals surface area contributed by atoms with Gasteiger partial charge in [-0.2, -0.15) is 0 Å². The molecule has 0 saturated heterocycles. The largest absolute Gasteiger partial charge is 0.312 e. The fraction of sp³-hybridized carbons (Fsp3) is 0.545. The van der Waals surface area contributed by atoms with E-state index in [9.17, 15) is 4.39 Å². The maximum absolute atomic E-state index is 14.1. The van der Waals surface area contributed by atoms with Crippen molar-refractivity contribution in [2.45, 2.75) is 32.5 Å². The zero-order valence-corrected chi connectivity index (χ0v) is 9.13. The molecule has 1 atom stereocenters. The zero-order valence-electron chi connectivity index (χ0n) is 9.13. The predicted octanol–water partition coefficient (Wildman–Crippen LogP) is 2.40. The summed E-state index contributed by atoms with van der Waals surface area (Å²) in [6.45, 7) is 5.57. The number of aryl methyl sites for hydroxylation is 1. The Morgan fingerprint density at radius 1 is 1.50 bits per heavy atom. The first-order chi connectivity index (χ1) is 6.49. The standard InChI is InChI=1S/C11H17FN2/c1-8-5-6-14-7-9(8)10(12)11(2,3)13-4/h5-7,10,13H,1-4H3. The molecule has 78 valence electrons. The molecular weight excluding hydrogens is 179 g/mol. The lowest BCUT2D eigenvalue weighted by atomic mass is 9.91. The lowest BCUT2D eigenvalue weighted by Gasteiger charge is -2.29. The van der Waals surface area contributed by atoms with Gasteiger partial charge in [-0.05, 0) is 39.4 Å². The maximum Gasteiger partial charge on any atom is 0.144 e. The van der Waals surface area contributed by atoms with E-state index in [1.165, 1.54) is 0 Å². The number of halogens is 1. The minimum atomic E-state index is -1.04. The number of nitrogens with zero attached hydrogens (tertiary/aromatic N) is 1. The van der Waals surface area contributed by atoms with Crippen molar-refractivity contribution in [3.05, 3.63) is 29.6 Å². The van der Waals surface area contributed by atoms with Crippen LogP contribution in [0.1, 0.15) is 31.1 Å². The van der Waals surface area contributed by atoms with E-state index in [0.29, 0.717) is 5.56 Å². The number of hydrogen-bond donors (Lipinski definition) is 1. The Kier molecular flexibility index (Phi) is 3.21. The van der Waals surface area contributed by atoms with Gasteiger partial charge in [0.05, 0.1) is 0 Å². The number of hydrogen-bond acceptors (Lipinski definition) is 2. The number of nitrogens with one attached hydrogen (secondary N) is 1. The van der Waals surface area contributed by atoms with E-state index in [1.807, 2.05) is 26.8 Å². The third-order valence-electron chi connectivity index (χ3n) is 2.63. The van der Waals surface area contributed by atoms with Crippen molar-refractivity contribution in [3.63, 3.8) is 0 Å². The topological polar surface area (TPSA) is 24.9 Å². The van der Waals surface area contributed by atoms with E-state index in [0.717, 1.165) is 5.56 Å². The van der Waals surface area contributed by atoms with E-state index < -0.39 is 11.7 Å². The molecule has 0 fully saturated rings. The van der Waals surface area contributed by atoms with E-state index in [2.05, 4.69) is 10.3 Å². The first-order valence-corrected chi connectivity index (χ1v) is 4.72. The van der Waals surface area contributed by atoms with Crippen molar-refractivity contribution in [2.24, 2.45) is 0 Å². The summed E-state index contributed by atoms with van der Waals surface area (Å²) in [4.78, 5) is 3.95. The first-order valence-electron chi connectivity index (χ1n) is 4.72. The molecule has 1 heterocycles. The molecule has 0 aliphatic carbocycles. The lowest BCUT2D eigenvalue weighted by Crippen LogP contribution is -2.40. The summed E-state index contributed by atoms with van der Waals surface area (Å²) in [5.41, 5.74) is 1.04. The highest BCUT2D eigenvalue weighted by molar-refractivity contribution is 5.26. The Morgan fingerprint density at radius 2 is 2.14 bits per heavy atom. The molecular formula is C11H17FN2. The van der Waals surface area contributed by atoms with Crippen LogP contribution < -0.4 is 5.32 Å². The van der Waals surface area contributed by atoms with Gasteiger partial charge in [0, 0.05) is 23.5 Å². The second kappa shape index (κ2) is 4.05. The van der Waals surface area contributed by atoms with Gasteiger partial charge in [0.15, 0.2) is 0 Å². The fourth-order valence-corrected chi connectivity index (χ4v) is 1.26. The second-order valence-corrected chi connectivity index (χ2v) is 4.07. The smallest absolute Gasteiger partial charge is 0.144 e. The van der Waals surface area contributed by atoms with Gasteiger partial charge in [-0.3, -0.25) is 4.98 Å². The minimum absolute atomic E-state index is 0.562. The minimum Gasteiger partial charge on any atom is -0.312 e. The van der Waals surface area contributed by atoms with Crippen LogP contribution in [-0.2, 0) is 0 Å². The average Bonchev–Trinajstić information content (AvgIpc) is 2.17. The van der Waals surface area contributed by atoms with Gasteiger partial charge in [0.2, 0.25) is 0 Å². The molecule has 1 rings (SSSR count). The summed E-state index contributed by atoms with van der Waals surface area (Å²) in [5.74, 6) is 0. The van der Waals surface area contributed by atoms with Gasteiger partial charge >= 0.3 is 0 Å². The maximum atomic E-state index is 14.1. The molecule has 14 heavy (non-hydrogen) atoms. The molecule has 0 radical (unpaired) electrons. The lowest BCUT2D eigenvalue weighted by molar-refractivity contribution is 0.190. The Labute approximate surface area is 84.6 Å². The highest BCUT2D eigenvalue weighted by Crippen LogP contribution is 2.30. The van der Waals surface area contributed by atoms with Crippen molar-refractivity contribution in [1.29, 1.82) is 0 Å². The van der Waals surface area contributed by atoms with E-state index in [-0.39, 0.29) is 0 Å². The molecule has 1 N–H and O–H groups in total. The Hall–Kier alpha value is -0.960. The summed E-state index contributed by atoms with van der Waals surface area (Å²) in [5, 5.41) is 2.96. The molecule has 1 aromatic heterocycles. The third kappa shape index (κ3) is 2.10. The quantitative estimate of drug-likeness (QED) is 0.803. The summed E-state index contributed by atoms with van der Waals surface area (Å²) < 4.78 is 14.1. The van der Waals surface area contributed by atoms with Gasteiger partial charge in [0.25, 0.3) is 0 Å². The van der Waals surface area contributed by atoms with Crippen LogP contribution in [0.2, 0.25) is 0 Å². The van der Waals surface area contributed by atoms with Gasteiger partial charge < -0.3 is 5.32 Å². The summed E-state index contributed by atoms with van der Waals surface area (Å²) in [6, 6.07) is 1.83. The van der Waals surface area contributed by atoms with Crippen LogP contribution in [-0.4, -0.2) is 17.6 Å². The molecule has 3 heteroatoms. The first kappa shape index (κ1) is 11.1. The van der Waals surface area contributed by atoms with Crippen LogP contribution in [0, 0.1) is 6.92 Å². The highest BCUT2D eigenvalue weighted by atomic mass is 19.1. The summed E-state index contributed by atoms with van der Waals surface area (Å²) in [7, 11) is 1.76. The van der Waals surface area contributed by atoms with E-state index in [1.54, 1.807) is 19.4 Å². The number of aromatic nitrogens is 1. The molecule has 1 aromatic rings. The predicted molar refractivity (Wildman–Crippen MR) is 56.0 cm³/mol. The molecule has 0 saturated carbocycles. The number of likely N-dealkylation sites (N-methyl/N-ethyl adjacent to an activating group) is 1. The third-order valence-corrected chi connectivity index (χ3v) is 2.63. The van der Waals surface area contributed by atoms with E-state index >= 15 is 0 Å². The fourth-order valence-electron chi connectivity index (χ4n) is 1.26. The van der Waals surface area contributed by atoms with Crippen LogP contribution in [0.3, 0.4) is 0 Å². The van der Waals surface area contributed by atoms with Crippen LogP contribution in [0.15, 0.2) is 18.5 Å². The van der Waals surface area contributed by atoms with Crippen molar-refractivity contribution in [2.75, 3.05) is 7.05 Å². The molecule has 0 amide bonds. The molecule has 0 aromatic carbocycles. The van der Waals surface area contributed by atoms with Crippen LogP contribution in [0.5, 0.6) is 0 Å². The zero-order chi connectivity index (χ0) is 10.8. The summed E-state index contributed by atoms with van der Waals surface area (Å²) in [6.07, 6.45) is 2.23. The van der Waals surface area contributed by atoms with Gasteiger partial charge in [-0.15, -0.1) is 0 Å². The Bertz CT molecular complexity index is 310. The monoisotopic (exact) mass is 196 g/mol. The molecule has 2 nitrogen and oxygen atoms in total. The van der Waals surface area contributed by atoms with Crippen molar-refractivity contribution in [3.8, 4) is 0 Å². The SMILES string of the molecule is CNC(C)(C)C(F)c1cnccc1C. The number of rotatable bonds is 3. The average molecular weight is 196 g/mol. The van der Waals surface area contributed by atoms with E-state index in [4.69, 9.17) is 0 Å². The Balaban J connectivity index is 3.00. The van der Waals surface area contributed by atoms with Crippen LogP contribution in [0.25, 0.3) is 0 Å². The molecule has 0 aliphatic heterocycles. The van der Waals surface area contributed by atoms with Crippen molar-refractivity contribution >= 4 is 0 Å². The molecule has 0 spiro atoms. The van der Waals surface area contributed by atoms with Crippen molar-refractivity contribution < 1.29 is 4.39 Å². The number of pyridine rings is 1. The van der Waals surface area contributed by atoms with Crippen molar-refractivity contribution in [1.82, 2.24) is 10.3 Å². The van der Waals surface area contributed by atoms with Gasteiger partial charge in [-0.1, -0.05) is 0 Å². The number of alkyl halides is 1. The highest BCUT2D eigenvalue weighted by Gasteiger charge is 2.30. The van der Waals surface area contributed by atoms with Gasteiger partial charge in [-0.25, -0.2) is 4.39 Å². The Morgan fingerprint density at radius 3 is 2.64 bits per heavy atom.